The first-order valence-electron chi connectivity index (χ1n) is 6.85. The minimum Gasteiger partial charge on any atom is -0.388 e. The van der Waals surface area contributed by atoms with Gasteiger partial charge in [-0.15, -0.1) is 0 Å². The zero-order valence-corrected chi connectivity index (χ0v) is 12.8. The fraction of sp³-hybridized carbons (Fsp3) is 0.733. The van der Waals surface area contributed by atoms with Crippen molar-refractivity contribution in [3.63, 3.8) is 0 Å². The Labute approximate surface area is 115 Å². The summed E-state index contributed by atoms with van der Waals surface area (Å²) in [6, 6.07) is 2.68. The molecule has 1 heterocycles. The van der Waals surface area contributed by atoms with Crippen LogP contribution in [0.5, 0.6) is 0 Å². The van der Waals surface area contributed by atoms with Crippen molar-refractivity contribution < 1.29 is 5.11 Å². The first kappa shape index (κ1) is 14.0. The van der Waals surface area contributed by atoms with Crippen LogP contribution in [-0.4, -0.2) is 21.7 Å². The predicted octanol–water partition coefficient (Wildman–Crippen LogP) is 3.81. The van der Waals surface area contributed by atoms with Crippen LogP contribution in [0.25, 0.3) is 0 Å². The van der Waals surface area contributed by atoms with Crippen LogP contribution >= 0.6 is 11.8 Å². The Morgan fingerprint density at radius 2 is 2.28 bits per heavy atom. The molecule has 1 aromatic rings. The van der Waals surface area contributed by atoms with Gasteiger partial charge in [-0.25, -0.2) is 0 Å². The topological polar surface area (TPSA) is 25.2 Å². The number of aliphatic hydroxyl groups excluding tert-OH is 1. The van der Waals surface area contributed by atoms with Gasteiger partial charge in [-0.3, -0.25) is 0 Å². The van der Waals surface area contributed by atoms with Crippen molar-refractivity contribution in [2.24, 2.45) is 5.41 Å². The minimum absolute atomic E-state index is 0.209. The van der Waals surface area contributed by atoms with Gasteiger partial charge in [0.1, 0.15) is 0 Å². The van der Waals surface area contributed by atoms with E-state index in [1.165, 1.54) is 5.69 Å². The third-order valence-electron chi connectivity index (χ3n) is 4.03. The fourth-order valence-electron chi connectivity index (χ4n) is 3.08. The van der Waals surface area contributed by atoms with Crippen molar-refractivity contribution in [3.05, 3.63) is 23.5 Å². The van der Waals surface area contributed by atoms with E-state index < -0.39 is 0 Å². The van der Waals surface area contributed by atoms with Crippen LogP contribution in [0.4, 0.5) is 0 Å². The quantitative estimate of drug-likeness (QED) is 0.897. The van der Waals surface area contributed by atoms with E-state index in [0.717, 1.165) is 30.6 Å². The highest BCUT2D eigenvalue weighted by Crippen LogP contribution is 2.42. The van der Waals surface area contributed by atoms with Crippen molar-refractivity contribution in [1.29, 1.82) is 0 Å². The Kier molecular flexibility index (Phi) is 4.12. The molecule has 2 rings (SSSR count). The van der Waals surface area contributed by atoms with E-state index in [9.17, 15) is 5.11 Å². The van der Waals surface area contributed by atoms with Crippen LogP contribution in [0, 0.1) is 5.41 Å². The first-order valence-corrected chi connectivity index (χ1v) is 8.24. The molecule has 2 atom stereocenters. The molecule has 0 radical (unpaired) electrons. The Morgan fingerprint density at radius 1 is 1.56 bits per heavy atom. The number of aromatic nitrogens is 1. The summed E-state index contributed by atoms with van der Waals surface area (Å²) in [6.45, 7) is 6.76. The average molecular weight is 267 g/mol. The van der Waals surface area contributed by atoms with Crippen LogP contribution in [0.1, 0.15) is 57.0 Å². The van der Waals surface area contributed by atoms with Gasteiger partial charge in [-0.05, 0) is 37.0 Å². The van der Waals surface area contributed by atoms with Crippen molar-refractivity contribution >= 4 is 11.8 Å². The molecule has 0 fully saturated rings. The third kappa shape index (κ3) is 2.62. The molecule has 102 valence electrons. The average Bonchev–Trinajstić information content (AvgIpc) is 2.68. The lowest BCUT2D eigenvalue weighted by atomic mass is 9.75. The van der Waals surface area contributed by atoms with Crippen LogP contribution in [0.2, 0.25) is 0 Å². The zero-order valence-electron chi connectivity index (χ0n) is 11.9. The molecule has 1 aromatic heterocycles. The van der Waals surface area contributed by atoms with Gasteiger partial charge in [0.2, 0.25) is 0 Å². The van der Waals surface area contributed by atoms with Crippen molar-refractivity contribution in [2.45, 2.75) is 52.2 Å². The summed E-state index contributed by atoms with van der Waals surface area (Å²) in [4.78, 5) is 0. The lowest BCUT2D eigenvalue weighted by molar-refractivity contribution is 0.0975. The highest BCUT2D eigenvalue weighted by Gasteiger charge is 2.33. The molecule has 0 aromatic carbocycles. The maximum Gasteiger partial charge on any atom is 0.0812 e. The maximum atomic E-state index is 10.3. The normalized spacial score (nSPS) is 23.7. The highest BCUT2D eigenvalue weighted by atomic mass is 32.2. The zero-order chi connectivity index (χ0) is 13.3. The first-order chi connectivity index (χ1) is 8.48. The summed E-state index contributed by atoms with van der Waals surface area (Å²) >= 11 is 1.90. The molecule has 0 saturated heterocycles. The smallest absolute Gasteiger partial charge is 0.0812 e. The molecule has 1 aliphatic rings. The second-order valence-electron chi connectivity index (χ2n) is 6.20. The molecule has 0 aliphatic heterocycles. The predicted molar refractivity (Wildman–Crippen MR) is 79.2 cm³/mol. The van der Waals surface area contributed by atoms with Gasteiger partial charge in [0, 0.05) is 29.2 Å². The van der Waals surface area contributed by atoms with Crippen LogP contribution in [-0.2, 0) is 6.42 Å². The maximum absolute atomic E-state index is 10.3. The summed E-state index contributed by atoms with van der Waals surface area (Å²) in [7, 11) is 0. The SMILES string of the molecule is CCC(CSC)n1ccc2c1CC(C)(C)CC2O. The number of rotatable bonds is 4. The molecular formula is C15H25NOS. The van der Waals surface area contributed by atoms with Gasteiger partial charge in [0.25, 0.3) is 0 Å². The van der Waals surface area contributed by atoms with Crippen molar-refractivity contribution in [2.75, 3.05) is 12.0 Å². The monoisotopic (exact) mass is 267 g/mol. The molecule has 0 spiro atoms. The Hall–Kier alpha value is -0.410. The number of hydrogen-bond donors (Lipinski definition) is 1. The number of fused-ring (bicyclic) bond motifs is 1. The van der Waals surface area contributed by atoms with Crippen molar-refractivity contribution in [3.8, 4) is 0 Å². The largest absolute Gasteiger partial charge is 0.388 e. The van der Waals surface area contributed by atoms with Crippen molar-refractivity contribution in [1.82, 2.24) is 4.57 Å². The van der Waals surface area contributed by atoms with Gasteiger partial charge in [-0.2, -0.15) is 11.8 Å². The molecule has 3 heteroatoms. The van der Waals surface area contributed by atoms with Gasteiger partial charge >= 0.3 is 0 Å². The molecule has 0 bridgehead atoms. The fourth-order valence-corrected chi connectivity index (χ4v) is 3.86. The summed E-state index contributed by atoms with van der Waals surface area (Å²) < 4.78 is 2.41. The van der Waals surface area contributed by atoms with Gasteiger partial charge < -0.3 is 9.67 Å². The van der Waals surface area contributed by atoms with Gasteiger partial charge in [0.05, 0.1) is 6.10 Å². The van der Waals surface area contributed by atoms with E-state index in [-0.39, 0.29) is 11.5 Å². The van der Waals surface area contributed by atoms with E-state index in [1.807, 2.05) is 11.8 Å². The second-order valence-corrected chi connectivity index (χ2v) is 7.11. The molecule has 18 heavy (non-hydrogen) atoms. The van der Waals surface area contributed by atoms with Crippen LogP contribution in [0.15, 0.2) is 12.3 Å². The number of thioether (sulfide) groups is 1. The number of nitrogens with zero attached hydrogens (tertiary/aromatic N) is 1. The minimum atomic E-state index is -0.281. The third-order valence-corrected chi connectivity index (χ3v) is 4.75. The Morgan fingerprint density at radius 3 is 2.89 bits per heavy atom. The molecule has 1 N–H and O–H groups in total. The van der Waals surface area contributed by atoms with E-state index in [1.54, 1.807) is 0 Å². The molecule has 2 nitrogen and oxygen atoms in total. The molecule has 1 aliphatic carbocycles. The lowest BCUT2D eigenvalue weighted by Crippen LogP contribution is -2.28. The summed E-state index contributed by atoms with van der Waals surface area (Å²) in [6.07, 6.45) is 7.17. The summed E-state index contributed by atoms with van der Waals surface area (Å²) in [5, 5.41) is 10.3. The second kappa shape index (κ2) is 5.30. The summed E-state index contributed by atoms with van der Waals surface area (Å²) in [5.41, 5.74) is 2.73. The van der Waals surface area contributed by atoms with Gasteiger partial charge in [-0.1, -0.05) is 20.8 Å². The Bertz CT molecular complexity index is 411. The van der Waals surface area contributed by atoms with E-state index in [2.05, 4.69) is 43.9 Å². The molecule has 2 unspecified atom stereocenters. The summed E-state index contributed by atoms with van der Waals surface area (Å²) in [5.74, 6) is 1.15. The highest BCUT2D eigenvalue weighted by molar-refractivity contribution is 7.98. The standard InChI is InChI=1S/C15H25NOS/c1-5-11(10-18-4)16-7-6-12-13(16)8-15(2,3)9-14(12)17/h6-7,11,14,17H,5,8-10H2,1-4H3. The molecule has 0 amide bonds. The number of hydrogen-bond acceptors (Lipinski definition) is 2. The van der Waals surface area contributed by atoms with E-state index in [0.29, 0.717) is 6.04 Å². The van der Waals surface area contributed by atoms with E-state index >= 15 is 0 Å². The number of aliphatic hydroxyl groups is 1. The van der Waals surface area contributed by atoms with Gasteiger partial charge in [0.15, 0.2) is 0 Å². The van der Waals surface area contributed by atoms with Crippen LogP contribution in [0.3, 0.4) is 0 Å². The molecule has 0 saturated carbocycles. The van der Waals surface area contributed by atoms with E-state index in [4.69, 9.17) is 0 Å². The molecular weight excluding hydrogens is 242 g/mol. The lowest BCUT2D eigenvalue weighted by Gasteiger charge is -2.35. The van der Waals surface area contributed by atoms with Crippen LogP contribution < -0.4 is 0 Å². The Balaban J connectivity index is 2.35.